The molecule has 0 aromatic heterocycles. The van der Waals surface area contributed by atoms with Crippen molar-refractivity contribution in [1.29, 1.82) is 0 Å². The minimum atomic E-state index is -0.0522. The average molecular weight is 266 g/mol. The second kappa shape index (κ2) is 5.00. The van der Waals surface area contributed by atoms with Crippen LogP contribution in [0.25, 0.3) is 0 Å². The van der Waals surface area contributed by atoms with Crippen molar-refractivity contribution >= 4 is 17.4 Å². The number of urea groups is 1. The molecule has 0 saturated heterocycles. The van der Waals surface area contributed by atoms with Gasteiger partial charge in [0.1, 0.15) is 0 Å². The number of fused-ring (bicyclic) bond motifs is 1. The largest absolute Gasteiger partial charge is 0.326 e. The van der Waals surface area contributed by atoms with Crippen molar-refractivity contribution in [3.8, 4) is 0 Å². The Balaban J connectivity index is 1.83. The van der Waals surface area contributed by atoms with Gasteiger partial charge in [-0.2, -0.15) is 0 Å². The minimum Gasteiger partial charge on any atom is -0.307 e. The van der Waals surface area contributed by atoms with E-state index in [1.165, 1.54) is 5.56 Å². The molecule has 0 aliphatic carbocycles. The van der Waals surface area contributed by atoms with Crippen LogP contribution in [0, 0.1) is 13.8 Å². The van der Waals surface area contributed by atoms with Crippen LogP contribution >= 0.6 is 0 Å². The lowest BCUT2D eigenvalue weighted by molar-refractivity contribution is 0.257. The van der Waals surface area contributed by atoms with Gasteiger partial charge in [0.05, 0.1) is 0 Å². The Morgan fingerprint density at radius 2 is 1.95 bits per heavy atom. The highest BCUT2D eigenvalue weighted by molar-refractivity contribution is 6.03. The van der Waals surface area contributed by atoms with Gasteiger partial charge >= 0.3 is 6.03 Å². The van der Waals surface area contributed by atoms with E-state index in [0.717, 1.165) is 35.5 Å². The summed E-state index contributed by atoms with van der Waals surface area (Å²) in [4.78, 5) is 14.3. The SMILES string of the molecule is Cc1ccc(C)c(NC(=O)N2CCc3ccccc32)c1. The van der Waals surface area contributed by atoms with Crippen LogP contribution in [0.15, 0.2) is 42.5 Å². The van der Waals surface area contributed by atoms with Gasteiger partial charge in [0.25, 0.3) is 0 Å². The number of nitrogens with one attached hydrogen (secondary N) is 1. The third-order valence-electron chi connectivity index (χ3n) is 3.77. The fourth-order valence-corrected chi connectivity index (χ4v) is 2.60. The Labute approximate surface area is 119 Å². The molecule has 20 heavy (non-hydrogen) atoms. The second-order valence-electron chi connectivity index (χ2n) is 5.28. The number of para-hydroxylation sites is 1. The van der Waals surface area contributed by atoms with Crippen LogP contribution in [0.2, 0.25) is 0 Å². The number of hydrogen-bond acceptors (Lipinski definition) is 1. The predicted molar refractivity (Wildman–Crippen MR) is 82.4 cm³/mol. The molecule has 1 N–H and O–H groups in total. The Morgan fingerprint density at radius 1 is 1.15 bits per heavy atom. The van der Waals surface area contributed by atoms with E-state index in [-0.39, 0.29) is 6.03 Å². The van der Waals surface area contributed by atoms with Gasteiger partial charge in [-0.15, -0.1) is 0 Å². The zero-order chi connectivity index (χ0) is 14.1. The van der Waals surface area contributed by atoms with E-state index in [0.29, 0.717) is 0 Å². The smallest absolute Gasteiger partial charge is 0.307 e. The topological polar surface area (TPSA) is 32.3 Å². The molecule has 0 fully saturated rings. The Morgan fingerprint density at radius 3 is 2.80 bits per heavy atom. The van der Waals surface area contributed by atoms with Crippen molar-refractivity contribution in [3.05, 3.63) is 59.2 Å². The monoisotopic (exact) mass is 266 g/mol. The fourth-order valence-electron chi connectivity index (χ4n) is 2.60. The van der Waals surface area contributed by atoms with Crippen LogP contribution in [0.1, 0.15) is 16.7 Å². The maximum absolute atomic E-state index is 12.5. The van der Waals surface area contributed by atoms with Gasteiger partial charge in [-0.3, -0.25) is 4.90 Å². The van der Waals surface area contributed by atoms with Crippen molar-refractivity contribution in [1.82, 2.24) is 0 Å². The normalized spacial score (nSPS) is 13.2. The van der Waals surface area contributed by atoms with Gasteiger partial charge in [0, 0.05) is 17.9 Å². The summed E-state index contributed by atoms with van der Waals surface area (Å²) < 4.78 is 0. The molecule has 0 spiro atoms. The molecule has 3 rings (SSSR count). The van der Waals surface area contributed by atoms with Crippen LogP contribution in [0.5, 0.6) is 0 Å². The maximum Gasteiger partial charge on any atom is 0.326 e. The van der Waals surface area contributed by atoms with Crippen LogP contribution in [-0.2, 0) is 6.42 Å². The lowest BCUT2D eigenvalue weighted by Gasteiger charge is -2.19. The second-order valence-corrected chi connectivity index (χ2v) is 5.28. The summed E-state index contributed by atoms with van der Waals surface area (Å²) in [6, 6.07) is 14.1. The van der Waals surface area contributed by atoms with Gasteiger partial charge in [0.15, 0.2) is 0 Å². The molecule has 2 amide bonds. The van der Waals surface area contributed by atoms with Gasteiger partial charge in [-0.25, -0.2) is 4.79 Å². The minimum absolute atomic E-state index is 0.0522. The highest BCUT2D eigenvalue weighted by Crippen LogP contribution is 2.28. The molecular weight excluding hydrogens is 248 g/mol. The number of hydrogen-bond donors (Lipinski definition) is 1. The summed E-state index contributed by atoms with van der Waals surface area (Å²) in [6.45, 7) is 4.78. The molecule has 102 valence electrons. The van der Waals surface area contributed by atoms with Crippen molar-refractivity contribution in [2.45, 2.75) is 20.3 Å². The fraction of sp³-hybridized carbons (Fsp3) is 0.235. The van der Waals surface area contributed by atoms with Gasteiger partial charge < -0.3 is 5.32 Å². The highest BCUT2D eigenvalue weighted by atomic mass is 16.2. The van der Waals surface area contributed by atoms with Crippen molar-refractivity contribution in [2.24, 2.45) is 0 Å². The highest BCUT2D eigenvalue weighted by Gasteiger charge is 2.24. The van der Waals surface area contributed by atoms with E-state index in [1.807, 2.05) is 49.1 Å². The molecule has 3 nitrogen and oxygen atoms in total. The lowest BCUT2D eigenvalue weighted by Crippen LogP contribution is -2.33. The molecule has 0 unspecified atom stereocenters. The number of amides is 2. The summed E-state index contributed by atoms with van der Waals surface area (Å²) in [5, 5.41) is 3.02. The van der Waals surface area contributed by atoms with E-state index in [2.05, 4.69) is 17.4 Å². The van der Waals surface area contributed by atoms with E-state index < -0.39 is 0 Å². The Bertz CT molecular complexity index is 664. The number of anilines is 2. The first-order valence-corrected chi connectivity index (χ1v) is 6.89. The molecule has 0 saturated carbocycles. The zero-order valence-corrected chi connectivity index (χ0v) is 11.8. The number of carbonyl (C=O) groups is 1. The summed E-state index contributed by atoms with van der Waals surface area (Å²) >= 11 is 0. The quantitative estimate of drug-likeness (QED) is 0.834. The lowest BCUT2D eigenvalue weighted by atomic mass is 10.1. The van der Waals surface area contributed by atoms with Crippen molar-refractivity contribution in [3.63, 3.8) is 0 Å². The third-order valence-corrected chi connectivity index (χ3v) is 3.77. The van der Waals surface area contributed by atoms with Crippen LogP contribution in [0.3, 0.4) is 0 Å². The van der Waals surface area contributed by atoms with Crippen molar-refractivity contribution < 1.29 is 4.79 Å². The van der Waals surface area contributed by atoms with Gasteiger partial charge in [0.2, 0.25) is 0 Å². The first-order chi connectivity index (χ1) is 9.65. The van der Waals surface area contributed by atoms with Crippen LogP contribution in [-0.4, -0.2) is 12.6 Å². The molecule has 1 aliphatic rings. The number of benzene rings is 2. The summed E-state index contributed by atoms with van der Waals surface area (Å²) in [5.41, 5.74) is 5.38. The molecular formula is C17H18N2O. The number of carbonyl (C=O) groups excluding carboxylic acids is 1. The van der Waals surface area contributed by atoms with E-state index in [4.69, 9.17) is 0 Å². The summed E-state index contributed by atoms with van der Waals surface area (Å²) in [5.74, 6) is 0. The molecule has 3 heteroatoms. The van der Waals surface area contributed by atoms with E-state index in [1.54, 1.807) is 0 Å². The maximum atomic E-state index is 12.5. The number of rotatable bonds is 1. The van der Waals surface area contributed by atoms with Crippen LogP contribution in [0.4, 0.5) is 16.2 Å². The first kappa shape index (κ1) is 12.7. The van der Waals surface area contributed by atoms with Crippen molar-refractivity contribution in [2.75, 3.05) is 16.8 Å². The molecule has 2 aromatic rings. The molecule has 1 aliphatic heterocycles. The molecule has 0 atom stereocenters. The van der Waals surface area contributed by atoms with E-state index in [9.17, 15) is 4.79 Å². The number of aryl methyl sites for hydroxylation is 2. The van der Waals surface area contributed by atoms with Gasteiger partial charge in [-0.1, -0.05) is 30.3 Å². The van der Waals surface area contributed by atoms with Crippen LogP contribution < -0.4 is 10.2 Å². The number of nitrogens with zero attached hydrogens (tertiary/aromatic N) is 1. The summed E-state index contributed by atoms with van der Waals surface area (Å²) in [6.07, 6.45) is 0.927. The predicted octanol–water partition coefficient (Wildman–Crippen LogP) is 3.90. The zero-order valence-electron chi connectivity index (χ0n) is 11.8. The average Bonchev–Trinajstić information content (AvgIpc) is 2.87. The molecule has 1 heterocycles. The first-order valence-electron chi connectivity index (χ1n) is 6.89. The standard InChI is InChI=1S/C17H18N2O/c1-12-7-8-13(2)15(11-12)18-17(20)19-10-9-14-5-3-4-6-16(14)19/h3-8,11H,9-10H2,1-2H3,(H,18,20). The molecule has 0 radical (unpaired) electrons. The Kier molecular flexibility index (Phi) is 3.18. The third kappa shape index (κ3) is 2.27. The molecule has 0 bridgehead atoms. The Hall–Kier alpha value is -2.29. The van der Waals surface area contributed by atoms with E-state index >= 15 is 0 Å². The summed E-state index contributed by atoms with van der Waals surface area (Å²) in [7, 11) is 0. The molecule has 2 aromatic carbocycles. The van der Waals surface area contributed by atoms with Gasteiger partial charge in [-0.05, 0) is 49.1 Å².